The van der Waals surface area contributed by atoms with Crippen LogP contribution in [0.25, 0.3) is 0 Å². The SMILES string of the molecule is CCOC(=O)c1[nH]c(C)c(CN(C[C@@H]2CCCO2)S(=O)(=O)c2ccc(C)cc2)c1C. The highest BCUT2D eigenvalue weighted by atomic mass is 32.2. The number of carbonyl (C=O) groups is 1. The quantitative estimate of drug-likeness (QED) is 0.643. The highest BCUT2D eigenvalue weighted by Gasteiger charge is 2.31. The third-order valence-corrected chi connectivity index (χ3v) is 7.32. The molecule has 1 atom stereocenters. The summed E-state index contributed by atoms with van der Waals surface area (Å²) in [6, 6.07) is 6.85. The van der Waals surface area contributed by atoms with Crippen molar-refractivity contribution in [3.05, 3.63) is 52.3 Å². The molecule has 1 saturated heterocycles. The van der Waals surface area contributed by atoms with Gasteiger partial charge >= 0.3 is 5.97 Å². The van der Waals surface area contributed by atoms with E-state index in [0.717, 1.165) is 29.7 Å². The van der Waals surface area contributed by atoms with Crippen LogP contribution in [0.4, 0.5) is 0 Å². The number of H-pyrrole nitrogens is 1. The van der Waals surface area contributed by atoms with Gasteiger partial charge in [0.25, 0.3) is 0 Å². The molecule has 0 aliphatic carbocycles. The third kappa shape index (κ3) is 4.77. The minimum atomic E-state index is -3.73. The number of nitrogens with zero attached hydrogens (tertiary/aromatic N) is 1. The molecule has 1 fully saturated rings. The number of aryl methyl sites for hydroxylation is 2. The molecule has 2 heterocycles. The zero-order chi connectivity index (χ0) is 21.9. The molecule has 8 heteroatoms. The maximum absolute atomic E-state index is 13.5. The zero-order valence-electron chi connectivity index (χ0n) is 18.0. The zero-order valence-corrected chi connectivity index (χ0v) is 18.8. The van der Waals surface area contributed by atoms with E-state index >= 15 is 0 Å². The lowest BCUT2D eigenvalue weighted by molar-refractivity contribution is 0.0519. The van der Waals surface area contributed by atoms with Crippen LogP contribution in [0.2, 0.25) is 0 Å². The summed E-state index contributed by atoms with van der Waals surface area (Å²) in [7, 11) is -3.73. The van der Waals surface area contributed by atoms with Gasteiger partial charge in [0, 0.05) is 25.4 Å². The molecule has 0 spiro atoms. The lowest BCUT2D eigenvalue weighted by Gasteiger charge is -2.25. The first-order valence-corrected chi connectivity index (χ1v) is 11.7. The predicted molar refractivity (Wildman–Crippen MR) is 114 cm³/mol. The second-order valence-corrected chi connectivity index (χ2v) is 9.63. The highest BCUT2D eigenvalue weighted by molar-refractivity contribution is 7.89. The van der Waals surface area contributed by atoms with Crippen LogP contribution in [0.3, 0.4) is 0 Å². The lowest BCUT2D eigenvalue weighted by atomic mass is 10.1. The molecule has 0 saturated carbocycles. The summed E-state index contributed by atoms with van der Waals surface area (Å²) in [5.41, 5.74) is 3.62. The number of aromatic nitrogens is 1. The molecule has 7 nitrogen and oxygen atoms in total. The number of esters is 1. The third-order valence-electron chi connectivity index (χ3n) is 5.50. The van der Waals surface area contributed by atoms with Crippen LogP contribution in [-0.2, 0) is 26.0 Å². The lowest BCUT2D eigenvalue weighted by Crippen LogP contribution is -2.37. The van der Waals surface area contributed by atoms with Crippen LogP contribution in [0, 0.1) is 20.8 Å². The predicted octanol–water partition coefficient (Wildman–Crippen LogP) is 3.49. The molecule has 1 aromatic carbocycles. The van der Waals surface area contributed by atoms with E-state index in [1.165, 1.54) is 4.31 Å². The molecule has 0 amide bonds. The van der Waals surface area contributed by atoms with Crippen LogP contribution in [0.5, 0.6) is 0 Å². The van der Waals surface area contributed by atoms with E-state index < -0.39 is 16.0 Å². The summed E-state index contributed by atoms with van der Waals surface area (Å²) in [5.74, 6) is -0.434. The van der Waals surface area contributed by atoms with Gasteiger partial charge < -0.3 is 14.5 Å². The van der Waals surface area contributed by atoms with Crippen molar-refractivity contribution < 1.29 is 22.7 Å². The fourth-order valence-corrected chi connectivity index (χ4v) is 5.17. The Bertz CT molecular complexity index is 989. The molecule has 1 aromatic heterocycles. The van der Waals surface area contributed by atoms with Gasteiger partial charge in [-0.05, 0) is 63.8 Å². The molecule has 1 aliphatic rings. The van der Waals surface area contributed by atoms with Gasteiger partial charge in [0.2, 0.25) is 10.0 Å². The van der Waals surface area contributed by atoms with Crippen molar-refractivity contribution in [3.63, 3.8) is 0 Å². The summed E-state index contributed by atoms with van der Waals surface area (Å²) in [6.45, 7) is 8.68. The Labute approximate surface area is 178 Å². The van der Waals surface area contributed by atoms with E-state index in [0.29, 0.717) is 17.9 Å². The number of carbonyl (C=O) groups excluding carboxylic acids is 1. The largest absolute Gasteiger partial charge is 0.461 e. The second kappa shape index (κ2) is 9.32. The van der Waals surface area contributed by atoms with Crippen molar-refractivity contribution in [1.82, 2.24) is 9.29 Å². The summed E-state index contributed by atoms with van der Waals surface area (Å²) in [6.07, 6.45) is 1.63. The minimum Gasteiger partial charge on any atom is -0.461 e. The molecule has 1 aliphatic heterocycles. The van der Waals surface area contributed by atoms with E-state index in [2.05, 4.69) is 4.98 Å². The van der Waals surface area contributed by atoms with Crippen molar-refractivity contribution in [2.24, 2.45) is 0 Å². The number of rotatable bonds is 8. The molecular weight excluding hydrogens is 404 g/mol. The fraction of sp³-hybridized carbons (Fsp3) is 0.500. The Balaban J connectivity index is 1.95. The van der Waals surface area contributed by atoms with Crippen LogP contribution >= 0.6 is 0 Å². The van der Waals surface area contributed by atoms with Crippen LogP contribution in [0.15, 0.2) is 29.2 Å². The van der Waals surface area contributed by atoms with Gasteiger partial charge in [0.05, 0.1) is 17.6 Å². The van der Waals surface area contributed by atoms with E-state index in [4.69, 9.17) is 9.47 Å². The highest BCUT2D eigenvalue weighted by Crippen LogP contribution is 2.26. The molecular formula is C22H30N2O5S. The number of sulfonamides is 1. The molecule has 0 radical (unpaired) electrons. The van der Waals surface area contributed by atoms with Crippen molar-refractivity contribution in [2.45, 2.75) is 58.1 Å². The monoisotopic (exact) mass is 434 g/mol. The summed E-state index contributed by atoms with van der Waals surface area (Å²) in [4.78, 5) is 15.6. The summed E-state index contributed by atoms with van der Waals surface area (Å²) >= 11 is 0. The molecule has 30 heavy (non-hydrogen) atoms. The number of ether oxygens (including phenoxy) is 2. The number of benzene rings is 1. The molecule has 0 bridgehead atoms. The maximum atomic E-state index is 13.5. The summed E-state index contributed by atoms with van der Waals surface area (Å²) in [5, 5.41) is 0. The Hall–Kier alpha value is -2.16. The van der Waals surface area contributed by atoms with Gasteiger partial charge in [-0.25, -0.2) is 13.2 Å². The molecule has 164 valence electrons. The number of nitrogens with one attached hydrogen (secondary N) is 1. The first-order chi connectivity index (χ1) is 14.2. The Kier molecular flexibility index (Phi) is 7.00. The Morgan fingerprint density at radius 2 is 1.93 bits per heavy atom. The van der Waals surface area contributed by atoms with Crippen molar-refractivity contribution in [1.29, 1.82) is 0 Å². The average molecular weight is 435 g/mol. The second-order valence-electron chi connectivity index (χ2n) is 7.69. The Morgan fingerprint density at radius 3 is 2.53 bits per heavy atom. The Morgan fingerprint density at radius 1 is 1.23 bits per heavy atom. The van der Waals surface area contributed by atoms with Gasteiger partial charge in [0.15, 0.2) is 0 Å². The van der Waals surface area contributed by atoms with E-state index in [9.17, 15) is 13.2 Å². The number of hydrogen-bond donors (Lipinski definition) is 1. The van der Waals surface area contributed by atoms with Crippen molar-refractivity contribution in [3.8, 4) is 0 Å². The first kappa shape index (κ1) is 22.5. The topological polar surface area (TPSA) is 88.7 Å². The standard InChI is InChI=1S/C22H30N2O5S/c1-5-28-22(25)21-16(3)20(17(4)23-21)14-24(13-18-7-6-12-29-18)30(26,27)19-10-8-15(2)9-11-19/h8-11,18,23H,5-7,12-14H2,1-4H3/t18-/m0/s1. The molecule has 0 unspecified atom stereocenters. The van der Waals surface area contributed by atoms with Gasteiger partial charge in [-0.2, -0.15) is 4.31 Å². The molecule has 3 rings (SSSR count). The van der Waals surface area contributed by atoms with Crippen LogP contribution in [-0.4, -0.2) is 49.5 Å². The van der Waals surface area contributed by atoms with E-state index in [1.807, 2.05) is 20.8 Å². The maximum Gasteiger partial charge on any atom is 0.355 e. The number of aromatic amines is 1. The summed E-state index contributed by atoms with van der Waals surface area (Å²) < 4.78 is 39.2. The fourth-order valence-electron chi connectivity index (χ4n) is 3.73. The smallest absolute Gasteiger partial charge is 0.355 e. The number of hydrogen-bond acceptors (Lipinski definition) is 5. The van der Waals surface area contributed by atoms with E-state index in [1.54, 1.807) is 31.2 Å². The van der Waals surface area contributed by atoms with E-state index in [-0.39, 0.29) is 30.7 Å². The first-order valence-electron chi connectivity index (χ1n) is 10.3. The average Bonchev–Trinajstić information content (AvgIpc) is 3.31. The molecule has 1 N–H and O–H groups in total. The van der Waals surface area contributed by atoms with Gasteiger partial charge in [-0.1, -0.05) is 17.7 Å². The molecule has 2 aromatic rings. The van der Waals surface area contributed by atoms with Gasteiger partial charge in [-0.15, -0.1) is 0 Å². The minimum absolute atomic E-state index is 0.130. The van der Waals surface area contributed by atoms with Crippen molar-refractivity contribution in [2.75, 3.05) is 19.8 Å². The normalized spacial score (nSPS) is 16.9. The van der Waals surface area contributed by atoms with Crippen molar-refractivity contribution >= 4 is 16.0 Å². The van der Waals surface area contributed by atoms with Crippen LogP contribution < -0.4 is 0 Å². The van der Waals surface area contributed by atoms with Gasteiger partial charge in [-0.3, -0.25) is 0 Å². The van der Waals surface area contributed by atoms with Crippen LogP contribution in [0.1, 0.15) is 52.6 Å². The van der Waals surface area contributed by atoms with Gasteiger partial charge in [0.1, 0.15) is 5.69 Å².